The molecule has 4 rings (SSSR count). The van der Waals surface area contributed by atoms with Crippen molar-refractivity contribution in [1.82, 2.24) is 0 Å². The molecule has 0 heterocycles. The van der Waals surface area contributed by atoms with Crippen molar-refractivity contribution in [2.75, 3.05) is 12.4 Å². The molecule has 0 radical (unpaired) electrons. The Balaban J connectivity index is 1.55. The van der Waals surface area contributed by atoms with Gasteiger partial charge in [-0.25, -0.2) is 0 Å². The Morgan fingerprint density at radius 1 is 1.03 bits per heavy atom. The Bertz CT molecular complexity index is 1520. The third kappa shape index (κ3) is 5.76. The number of hydrogen-bond donors (Lipinski definition) is 1. The first kappa shape index (κ1) is 25.0. The Morgan fingerprint density at radius 2 is 1.81 bits per heavy atom. The van der Waals surface area contributed by atoms with Gasteiger partial charge in [-0.2, -0.15) is 5.26 Å². The lowest BCUT2D eigenvalue weighted by molar-refractivity contribution is -0.112. The Morgan fingerprint density at radius 3 is 2.56 bits per heavy atom. The van der Waals surface area contributed by atoms with Crippen LogP contribution in [0.2, 0.25) is 0 Å². The first-order valence-electron chi connectivity index (χ1n) is 11.4. The number of benzene rings is 4. The van der Waals surface area contributed by atoms with Crippen LogP contribution in [0.25, 0.3) is 16.8 Å². The lowest BCUT2D eigenvalue weighted by Gasteiger charge is -2.14. The van der Waals surface area contributed by atoms with Crippen LogP contribution in [0, 0.1) is 25.2 Å². The van der Waals surface area contributed by atoms with E-state index in [4.69, 9.17) is 9.47 Å². The van der Waals surface area contributed by atoms with E-state index in [1.165, 1.54) is 11.5 Å². The van der Waals surface area contributed by atoms with Crippen LogP contribution in [0.1, 0.15) is 22.3 Å². The smallest absolute Gasteiger partial charge is 0.266 e. The highest BCUT2D eigenvalue weighted by Gasteiger charge is 2.15. The van der Waals surface area contributed by atoms with Gasteiger partial charge < -0.3 is 14.8 Å². The number of methoxy groups -OCH3 is 1. The second-order valence-corrected chi connectivity index (χ2v) is 9.30. The molecule has 1 amide bonds. The van der Waals surface area contributed by atoms with Crippen molar-refractivity contribution in [3.05, 3.63) is 105 Å². The van der Waals surface area contributed by atoms with Gasteiger partial charge in [0.2, 0.25) is 0 Å². The Kier molecular flexibility index (Phi) is 7.72. The second-order valence-electron chi connectivity index (χ2n) is 8.45. The van der Waals surface area contributed by atoms with Crippen molar-refractivity contribution >= 4 is 44.4 Å². The molecular weight excluding hydrogens is 516 g/mol. The molecule has 180 valence electrons. The summed E-state index contributed by atoms with van der Waals surface area (Å²) in [6.07, 6.45) is 1.53. The van der Waals surface area contributed by atoms with Crippen LogP contribution >= 0.6 is 15.9 Å². The van der Waals surface area contributed by atoms with E-state index in [1.54, 1.807) is 19.2 Å². The van der Waals surface area contributed by atoms with Crippen LogP contribution in [-0.2, 0) is 11.4 Å². The molecule has 4 aromatic rings. The molecule has 0 aromatic heterocycles. The SMILES string of the molecule is COc1cc(/C=C(\C#N)C(=O)Nc2cc(C)ccc2C)cc(Br)c1OCc1ccc2ccccc2c1. The number of carbonyl (C=O) groups is 1. The van der Waals surface area contributed by atoms with Gasteiger partial charge in [0.1, 0.15) is 18.2 Å². The Hall–Kier alpha value is -4.08. The van der Waals surface area contributed by atoms with Crippen LogP contribution in [-0.4, -0.2) is 13.0 Å². The molecule has 0 spiro atoms. The summed E-state index contributed by atoms with van der Waals surface area (Å²) in [6, 6.07) is 25.7. The minimum absolute atomic E-state index is 0.0188. The van der Waals surface area contributed by atoms with Crippen molar-refractivity contribution in [3.8, 4) is 17.6 Å². The topological polar surface area (TPSA) is 71.3 Å². The third-order valence-electron chi connectivity index (χ3n) is 5.77. The largest absolute Gasteiger partial charge is 0.493 e. The standard InChI is InChI=1S/C30H25BrN2O3/c1-19-8-9-20(2)27(12-19)33-30(34)25(17-32)14-22-15-26(31)29(28(16-22)35-3)36-18-21-10-11-23-6-4-5-7-24(23)13-21/h4-16H,18H2,1-3H3,(H,33,34)/b25-14+. The number of nitrogens with one attached hydrogen (secondary N) is 1. The molecule has 5 nitrogen and oxygen atoms in total. The van der Waals surface area contributed by atoms with Crippen LogP contribution in [0.4, 0.5) is 5.69 Å². The normalized spacial score (nSPS) is 11.1. The number of amides is 1. The quantitative estimate of drug-likeness (QED) is 0.196. The Labute approximate surface area is 219 Å². The zero-order chi connectivity index (χ0) is 25.7. The summed E-state index contributed by atoms with van der Waals surface area (Å²) in [4.78, 5) is 12.8. The molecular formula is C30H25BrN2O3. The molecule has 4 aromatic carbocycles. The summed E-state index contributed by atoms with van der Waals surface area (Å²) in [5, 5.41) is 14.8. The summed E-state index contributed by atoms with van der Waals surface area (Å²) in [5.41, 5.74) is 4.26. The number of halogens is 1. The lowest BCUT2D eigenvalue weighted by atomic mass is 10.1. The fourth-order valence-electron chi connectivity index (χ4n) is 3.82. The van der Waals surface area contributed by atoms with Gasteiger partial charge in [-0.3, -0.25) is 4.79 Å². The number of rotatable bonds is 7. The van der Waals surface area contributed by atoms with Gasteiger partial charge in [0.25, 0.3) is 5.91 Å². The highest BCUT2D eigenvalue weighted by atomic mass is 79.9. The van der Waals surface area contributed by atoms with Gasteiger partial charge in [-0.15, -0.1) is 0 Å². The number of aryl methyl sites for hydroxylation is 2. The molecule has 0 unspecified atom stereocenters. The van der Waals surface area contributed by atoms with E-state index in [-0.39, 0.29) is 5.57 Å². The van der Waals surface area contributed by atoms with Crippen molar-refractivity contribution in [1.29, 1.82) is 5.26 Å². The summed E-state index contributed by atoms with van der Waals surface area (Å²) >= 11 is 3.55. The summed E-state index contributed by atoms with van der Waals surface area (Å²) in [6.45, 7) is 4.21. The van der Waals surface area contributed by atoms with Gasteiger partial charge in [-0.05, 0) is 93.1 Å². The van der Waals surface area contributed by atoms with E-state index >= 15 is 0 Å². The number of anilines is 1. The van der Waals surface area contributed by atoms with Crippen LogP contribution in [0.5, 0.6) is 11.5 Å². The maximum absolute atomic E-state index is 12.8. The average Bonchev–Trinajstić information content (AvgIpc) is 2.88. The highest BCUT2D eigenvalue weighted by Crippen LogP contribution is 2.38. The van der Waals surface area contributed by atoms with E-state index in [1.807, 2.05) is 56.3 Å². The lowest BCUT2D eigenvalue weighted by Crippen LogP contribution is -2.14. The van der Waals surface area contributed by atoms with Crippen molar-refractivity contribution < 1.29 is 14.3 Å². The van der Waals surface area contributed by atoms with Gasteiger partial charge >= 0.3 is 0 Å². The summed E-state index contributed by atoms with van der Waals surface area (Å²) in [7, 11) is 1.55. The minimum Gasteiger partial charge on any atom is -0.493 e. The highest BCUT2D eigenvalue weighted by molar-refractivity contribution is 9.10. The molecule has 36 heavy (non-hydrogen) atoms. The minimum atomic E-state index is -0.474. The number of carbonyl (C=O) groups excluding carboxylic acids is 1. The van der Waals surface area contributed by atoms with Gasteiger partial charge in [0.05, 0.1) is 11.6 Å². The fraction of sp³-hybridized carbons (Fsp3) is 0.133. The van der Waals surface area contributed by atoms with Crippen LogP contribution < -0.4 is 14.8 Å². The molecule has 6 heteroatoms. The molecule has 0 aliphatic rings. The van der Waals surface area contributed by atoms with Gasteiger partial charge in [0, 0.05) is 5.69 Å². The van der Waals surface area contributed by atoms with Crippen LogP contribution in [0.3, 0.4) is 0 Å². The van der Waals surface area contributed by atoms with E-state index < -0.39 is 5.91 Å². The number of hydrogen-bond acceptors (Lipinski definition) is 4. The molecule has 0 saturated heterocycles. The molecule has 0 saturated carbocycles. The first-order chi connectivity index (χ1) is 17.4. The predicted octanol–water partition coefficient (Wildman–Crippen LogP) is 7.35. The van der Waals surface area contributed by atoms with Gasteiger partial charge in [0.15, 0.2) is 11.5 Å². The summed E-state index contributed by atoms with van der Waals surface area (Å²) in [5.74, 6) is 0.558. The van der Waals surface area contributed by atoms with Crippen LogP contribution in [0.15, 0.2) is 82.8 Å². The van der Waals surface area contributed by atoms with Crippen molar-refractivity contribution in [2.24, 2.45) is 0 Å². The monoisotopic (exact) mass is 540 g/mol. The molecule has 0 fully saturated rings. The predicted molar refractivity (Wildman–Crippen MR) is 147 cm³/mol. The molecule has 0 aliphatic heterocycles. The second kappa shape index (κ2) is 11.1. The zero-order valence-corrected chi connectivity index (χ0v) is 21.8. The first-order valence-corrected chi connectivity index (χ1v) is 12.2. The number of nitriles is 1. The summed E-state index contributed by atoms with van der Waals surface area (Å²) < 4.78 is 12.3. The molecule has 1 N–H and O–H groups in total. The zero-order valence-electron chi connectivity index (χ0n) is 20.3. The third-order valence-corrected chi connectivity index (χ3v) is 6.36. The number of nitrogens with zero attached hydrogens (tertiary/aromatic N) is 1. The molecule has 0 bridgehead atoms. The fourth-order valence-corrected chi connectivity index (χ4v) is 4.40. The van der Waals surface area contributed by atoms with Gasteiger partial charge in [-0.1, -0.05) is 48.5 Å². The van der Waals surface area contributed by atoms with E-state index in [0.29, 0.717) is 33.8 Å². The van der Waals surface area contributed by atoms with Crippen molar-refractivity contribution in [2.45, 2.75) is 20.5 Å². The molecule has 0 atom stereocenters. The number of ether oxygens (including phenoxy) is 2. The maximum atomic E-state index is 12.8. The maximum Gasteiger partial charge on any atom is 0.266 e. The molecule has 0 aliphatic carbocycles. The average molecular weight is 541 g/mol. The van der Waals surface area contributed by atoms with E-state index in [9.17, 15) is 10.1 Å². The van der Waals surface area contributed by atoms with E-state index in [2.05, 4.69) is 45.5 Å². The van der Waals surface area contributed by atoms with Crippen molar-refractivity contribution in [3.63, 3.8) is 0 Å². The van der Waals surface area contributed by atoms with E-state index in [0.717, 1.165) is 22.1 Å². The number of fused-ring (bicyclic) bond motifs is 1.